The molecule has 0 spiro atoms. The van der Waals surface area contributed by atoms with E-state index in [4.69, 9.17) is 10.1 Å². The van der Waals surface area contributed by atoms with Gasteiger partial charge in [0.1, 0.15) is 0 Å². The van der Waals surface area contributed by atoms with Crippen LogP contribution in [0.5, 0.6) is 0 Å². The monoisotopic (exact) mass is 443 g/mol. The van der Waals surface area contributed by atoms with E-state index in [1.165, 1.54) is 0 Å². The highest BCUT2D eigenvalue weighted by molar-refractivity contribution is 6.48. The van der Waals surface area contributed by atoms with Crippen LogP contribution in [0.15, 0.2) is 108 Å². The lowest BCUT2D eigenvalue weighted by atomic mass is 10.0. The molecule has 6 rings (SSSR count). The van der Waals surface area contributed by atoms with E-state index in [2.05, 4.69) is 5.43 Å². The summed E-state index contributed by atoms with van der Waals surface area (Å²) < 4.78 is 1.75. The van der Waals surface area contributed by atoms with Gasteiger partial charge in [-0.15, -0.1) is 5.10 Å². The normalized spacial score (nSPS) is 12.7. The Bertz CT molecular complexity index is 1550. The molecule has 6 heteroatoms. The first-order chi connectivity index (χ1) is 16.7. The average molecular weight is 444 g/mol. The Labute approximate surface area is 196 Å². The lowest BCUT2D eigenvalue weighted by Crippen LogP contribution is -2.38. The number of hydrazone groups is 1. The Morgan fingerprint density at radius 3 is 2.35 bits per heavy atom. The fourth-order valence-corrected chi connectivity index (χ4v) is 4.05. The minimum Gasteiger partial charge on any atom is -0.285 e. The maximum atomic E-state index is 13.5. The Hall–Kier alpha value is -4.71. The number of hydrogen-bond donors (Lipinski definition) is 1. The molecule has 0 amide bonds. The fraction of sp³-hybridized carbons (Fsp3) is 0.0357. The molecule has 1 N–H and O–H groups in total. The van der Waals surface area contributed by atoms with Crippen LogP contribution < -0.4 is 10.4 Å². The van der Waals surface area contributed by atoms with Crippen LogP contribution in [0.25, 0.3) is 22.0 Å². The molecule has 1 aromatic heterocycles. The van der Waals surface area contributed by atoms with Gasteiger partial charge in [0.2, 0.25) is 11.6 Å². The predicted molar refractivity (Wildman–Crippen MR) is 136 cm³/mol. The largest absolute Gasteiger partial charge is 0.285 e. The molecule has 0 unspecified atom stereocenters. The number of imidazole rings is 1. The second-order valence-corrected chi connectivity index (χ2v) is 8.26. The number of amidine groups is 1. The van der Waals surface area contributed by atoms with Crippen LogP contribution in [-0.4, -0.2) is 21.3 Å². The van der Waals surface area contributed by atoms with Gasteiger partial charge in [-0.3, -0.25) is 10.2 Å². The zero-order valence-corrected chi connectivity index (χ0v) is 18.5. The average Bonchev–Trinajstić information content (AvgIpc) is 3.33. The van der Waals surface area contributed by atoms with E-state index in [9.17, 15) is 4.79 Å². The molecular formula is C28H21N5O. The van der Waals surface area contributed by atoms with Crippen LogP contribution in [0.2, 0.25) is 0 Å². The molecule has 34 heavy (non-hydrogen) atoms. The quantitative estimate of drug-likeness (QED) is 0.351. The Balaban J connectivity index is 1.44. The first kappa shape index (κ1) is 19.9. The van der Waals surface area contributed by atoms with E-state index in [1.54, 1.807) is 9.69 Å². The standard InChI is InChI=1S/C28H21N5O/c1-19-11-15-24(16-12-19)33-28-29-25(21-8-3-2-4-9-21)18-32(28)30-27(31-33)26(34)23-14-13-20-7-5-6-10-22(20)17-23/h2-18H,1H3,(H,30,31). The highest BCUT2D eigenvalue weighted by atomic mass is 16.1. The van der Waals surface area contributed by atoms with Crippen molar-refractivity contribution >= 4 is 34.0 Å². The number of ketones is 1. The molecular weight excluding hydrogens is 422 g/mol. The summed E-state index contributed by atoms with van der Waals surface area (Å²) in [4.78, 5) is 18.3. The molecule has 2 heterocycles. The van der Waals surface area contributed by atoms with E-state index >= 15 is 0 Å². The third-order valence-electron chi connectivity index (χ3n) is 5.88. The van der Waals surface area contributed by atoms with Crippen molar-refractivity contribution in [1.82, 2.24) is 9.66 Å². The van der Waals surface area contributed by atoms with Crippen molar-refractivity contribution in [3.63, 3.8) is 0 Å². The lowest BCUT2D eigenvalue weighted by molar-refractivity contribution is 0.106. The molecule has 0 saturated carbocycles. The molecule has 0 bridgehead atoms. The number of nitrogens with one attached hydrogen (secondary N) is 1. The van der Waals surface area contributed by atoms with Crippen molar-refractivity contribution < 1.29 is 4.79 Å². The summed E-state index contributed by atoms with van der Waals surface area (Å²) in [5.41, 5.74) is 7.46. The van der Waals surface area contributed by atoms with Crippen LogP contribution in [0.1, 0.15) is 15.9 Å². The molecule has 0 atom stereocenters. The Morgan fingerprint density at radius 1 is 0.824 bits per heavy atom. The summed E-state index contributed by atoms with van der Waals surface area (Å²) in [6.45, 7) is 2.04. The number of aromatic nitrogens is 2. The van der Waals surface area contributed by atoms with E-state index in [0.29, 0.717) is 11.5 Å². The van der Waals surface area contributed by atoms with Crippen molar-refractivity contribution in [2.75, 3.05) is 10.4 Å². The van der Waals surface area contributed by atoms with Crippen LogP contribution in [-0.2, 0) is 0 Å². The number of carbonyl (C=O) groups is 1. The third-order valence-corrected chi connectivity index (χ3v) is 5.88. The zero-order chi connectivity index (χ0) is 23.1. The maximum Gasteiger partial charge on any atom is 0.251 e. The highest BCUT2D eigenvalue weighted by Crippen LogP contribution is 2.31. The van der Waals surface area contributed by atoms with Gasteiger partial charge in [-0.2, -0.15) is 5.01 Å². The van der Waals surface area contributed by atoms with Crippen LogP contribution >= 0.6 is 0 Å². The van der Waals surface area contributed by atoms with Gasteiger partial charge in [0, 0.05) is 11.1 Å². The molecule has 6 nitrogen and oxygen atoms in total. The number of rotatable bonds is 4. The molecule has 1 aliphatic heterocycles. The van der Waals surface area contributed by atoms with Gasteiger partial charge in [0.05, 0.1) is 17.6 Å². The molecule has 4 aromatic carbocycles. The van der Waals surface area contributed by atoms with Gasteiger partial charge in [-0.05, 0) is 35.9 Å². The zero-order valence-electron chi connectivity index (χ0n) is 18.5. The fourth-order valence-electron chi connectivity index (χ4n) is 4.05. The van der Waals surface area contributed by atoms with E-state index in [1.807, 2.05) is 110 Å². The van der Waals surface area contributed by atoms with Crippen molar-refractivity contribution in [3.8, 4) is 11.3 Å². The third kappa shape index (κ3) is 3.51. The van der Waals surface area contributed by atoms with E-state index < -0.39 is 0 Å². The number of carbonyl (C=O) groups excluding carboxylic acids is 1. The summed E-state index contributed by atoms with van der Waals surface area (Å²) in [6.07, 6.45) is 1.88. The first-order valence-corrected chi connectivity index (χ1v) is 11.1. The van der Waals surface area contributed by atoms with Crippen molar-refractivity contribution in [2.45, 2.75) is 6.92 Å². The lowest BCUT2D eigenvalue weighted by Gasteiger charge is -2.26. The molecule has 1 aliphatic rings. The van der Waals surface area contributed by atoms with Crippen LogP contribution in [0.3, 0.4) is 0 Å². The minimum absolute atomic E-state index is 0.191. The molecule has 0 fully saturated rings. The molecule has 0 saturated heterocycles. The second-order valence-electron chi connectivity index (χ2n) is 8.26. The number of Topliss-reactive ketones (excluding diaryl/α,β-unsaturated/α-hetero) is 1. The van der Waals surface area contributed by atoms with Gasteiger partial charge >= 0.3 is 0 Å². The summed E-state index contributed by atoms with van der Waals surface area (Å²) in [5, 5.41) is 8.49. The summed E-state index contributed by atoms with van der Waals surface area (Å²) in [6, 6.07) is 31.6. The highest BCUT2D eigenvalue weighted by Gasteiger charge is 2.27. The van der Waals surface area contributed by atoms with E-state index in [0.717, 1.165) is 33.3 Å². The molecule has 0 radical (unpaired) electrons. The first-order valence-electron chi connectivity index (χ1n) is 11.1. The number of benzene rings is 4. The maximum absolute atomic E-state index is 13.5. The Kier molecular flexibility index (Phi) is 4.70. The van der Waals surface area contributed by atoms with Gasteiger partial charge in [-0.1, -0.05) is 84.4 Å². The number of nitrogens with zero attached hydrogens (tertiary/aromatic N) is 4. The molecule has 0 aliphatic carbocycles. The number of fused-ring (bicyclic) bond motifs is 2. The topological polar surface area (TPSA) is 62.5 Å². The predicted octanol–water partition coefficient (Wildman–Crippen LogP) is 5.90. The van der Waals surface area contributed by atoms with E-state index in [-0.39, 0.29) is 11.6 Å². The van der Waals surface area contributed by atoms with Gasteiger partial charge in [0.15, 0.2) is 0 Å². The van der Waals surface area contributed by atoms with Crippen molar-refractivity contribution in [3.05, 3.63) is 114 Å². The smallest absolute Gasteiger partial charge is 0.251 e. The van der Waals surface area contributed by atoms with Crippen molar-refractivity contribution in [2.24, 2.45) is 5.10 Å². The summed E-state index contributed by atoms with van der Waals surface area (Å²) in [5.74, 6) is 0.613. The second kappa shape index (κ2) is 8.01. The molecule has 164 valence electrons. The van der Waals surface area contributed by atoms with Crippen molar-refractivity contribution in [1.29, 1.82) is 0 Å². The SMILES string of the molecule is Cc1ccc(N2N=C(C(=O)c3ccc4ccccc4c3)Nn3cc(-c4ccccc4)nc32)cc1. The molecule has 5 aromatic rings. The summed E-state index contributed by atoms with van der Waals surface area (Å²) in [7, 11) is 0. The van der Waals surface area contributed by atoms with Gasteiger partial charge in [-0.25, -0.2) is 9.66 Å². The van der Waals surface area contributed by atoms with Crippen LogP contribution in [0, 0.1) is 6.92 Å². The number of aryl methyl sites for hydroxylation is 1. The Morgan fingerprint density at radius 2 is 1.56 bits per heavy atom. The van der Waals surface area contributed by atoms with Gasteiger partial charge in [0.25, 0.3) is 5.95 Å². The minimum atomic E-state index is -0.191. The van der Waals surface area contributed by atoms with Gasteiger partial charge < -0.3 is 0 Å². The summed E-state index contributed by atoms with van der Waals surface area (Å²) >= 11 is 0. The number of hydrogen-bond acceptors (Lipinski definition) is 5. The number of anilines is 2. The van der Waals surface area contributed by atoms with Crippen LogP contribution in [0.4, 0.5) is 11.6 Å².